The molecule has 0 saturated heterocycles. The first kappa shape index (κ1) is 14.5. The first-order valence-electron chi connectivity index (χ1n) is 5.44. The molecule has 1 aromatic rings. The van der Waals surface area contributed by atoms with Crippen molar-refractivity contribution < 1.29 is 8.42 Å². The summed E-state index contributed by atoms with van der Waals surface area (Å²) < 4.78 is 27.6. The van der Waals surface area contributed by atoms with Gasteiger partial charge in [0.05, 0.1) is 5.69 Å². The van der Waals surface area contributed by atoms with Gasteiger partial charge in [-0.1, -0.05) is 12.1 Å². The van der Waals surface area contributed by atoms with E-state index in [4.69, 9.17) is 11.1 Å². The van der Waals surface area contributed by atoms with Gasteiger partial charge in [0.15, 0.2) is 0 Å². The predicted molar refractivity (Wildman–Crippen MR) is 72.9 cm³/mol. The Morgan fingerprint density at radius 2 is 2.06 bits per heavy atom. The summed E-state index contributed by atoms with van der Waals surface area (Å²) in [6.07, 6.45) is 0. The van der Waals surface area contributed by atoms with Crippen molar-refractivity contribution in [2.45, 2.75) is 19.9 Å². The molecule has 0 aliphatic rings. The molecule has 0 aliphatic carbocycles. The molecule has 0 heterocycles. The Morgan fingerprint density at radius 3 is 2.56 bits per heavy atom. The zero-order valence-corrected chi connectivity index (χ0v) is 11.5. The SMILES string of the molecule is CC(C)N(C)S(=O)(=O)Nc1cccc(C(=N)N)c1. The van der Waals surface area contributed by atoms with Crippen LogP contribution >= 0.6 is 0 Å². The summed E-state index contributed by atoms with van der Waals surface area (Å²) in [5, 5.41) is 7.31. The summed E-state index contributed by atoms with van der Waals surface area (Å²) in [6.45, 7) is 3.57. The first-order valence-corrected chi connectivity index (χ1v) is 6.88. The van der Waals surface area contributed by atoms with E-state index in [2.05, 4.69) is 4.72 Å². The number of nitrogen functional groups attached to an aromatic ring is 1. The summed E-state index contributed by atoms with van der Waals surface area (Å²) >= 11 is 0. The molecular weight excluding hydrogens is 252 g/mol. The highest BCUT2D eigenvalue weighted by Crippen LogP contribution is 2.14. The Balaban J connectivity index is 2.98. The third-order valence-corrected chi connectivity index (χ3v) is 4.20. The quantitative estimate of drug-likeness (QED) is 0.549. The Morgan fingerprint density at radius 1 is 1.44 bits per heavy atom. The Hall–Kier alpha value is -1.60. The average molecular weight is 270 g/mol. The van der Waals surface area contributed by atoms with Crippen LogP contribution in [0.4, 0.5) is 5.69 Å². The van der Waals surface area contributed by atoms with Gasteiger partial charge < -0.3 is 5.73 Å². The smallest absolute Gasteiger partial charge is 0.301 e. The Kier molecular flexibility index (Phi) is 4.31. The molecule has 0 fully saturated rings. The lowest BCUT2D eigenvalue weighted by molar-refractivity contribution is 0.414. The van der Waals surface area contributed by atoms with Gasteiger partial charge in [0.25, 0.3) is 0 Å². The van der Waals surface area contributed by atoms with Gasteiger partial charge in [0, 0.05) is 18.7 Å². The molecule has 100 valence electrons. The standard InChI is InChI=1S/C11H18N4O2S/c1-8(2)15(3)18(16,17)14-10-6-4-5-9(7-10)11(12)13/h4-8,14H,1-3H3,(H3,12,13). The molecule has 0 aromatic heterocycles. The highest BCUT2D eigenvalue weighted by Gasteiger charge is 2.20. The number of amidine groups is 1. The number of nitrogens with two attached hydrogens (primary N) is 1. The Labute approximate surface area is 107 Å². The minimum atomic E-state index is -3.58. The monoisotopic (exact) mass is 270 g/mol. The molecule has 0 spiro atoms. The van der Waals surface area contributed by atoms with E-state index >= 15 is 0 Å². The van der Waals surface area contributed by atoms with Crippen LogP contribution in [0.5, 0.6) is 0 Å². The maximum absolute atomic E-state index is 12.0. The lowest BCUT2D eigenvalue weighted by Gasteiger charge is -2.21. The van der Waals surface area contributed by atoms with E-state index < -0.39 is 10.2 Å². The molecule has 0 amide bonds. The van der Waals surface area contributed by atoms with Gasteiger partial charge in [0.2, 0.25) is 0 Å². The number of nitrogens with zero attached hydrogens (tertiary/aromatic N) is 1. The van der Waals surface area contributed by atoms with E-state index in [0.29, 0.717) is 11.3 Å². The molecule has 0 bridgehead atoms. The molecular formula is C11H18N4O2S. The summed E-state index contributed by atoms with van der Waals surface area (Å²) in [4.78, 5) is 0. The maximum Gasteiger partial charge on any atom is 0.301 e. The van der Waals surface area contributed by atoms with Crippen LogP contribution in [0.15, 0.2) is 24.3 Å². The second kappa shape index (κ2) is 5.36. The molecule has 4 N–H and O–H groups in total. The first-order chi connectivity index (χ1) is 8.24. The van der Waals surface area contributed by atoms with Crippen molar-refractivity contribution >= 4 is 21.7 Å². The van der Waals surface area contributed by atoms with E-state index in [1.807, 2.05) is 0 Å². The van der Waals surface area contributed by atoms with Crippen molar-refractivity contribution in [1.29, 1.82) is 5.41 Å². The second-order valence-electron chi connectivity index (χ2n) is 4.21. The van der Waals surface area contributed by atoms with Crippen molar-refractivity contribution in [1.82, 2.24) is 4.31 Å². The number of hydrogen-bond acceptors (Lipinski definition) is 3. The van der Waals surface area contributed by atoms with E-state index in [1.54, 1.807) is 32.0 Å². The normalized spacial score (nSPS) is 11.8. The number of hydrogen-bond donors (Lipinski definition) is 3. The van der Waals surface area contributed by atoms with Crippen molar-refractivity contribution in [2.24, 2.45) is 5.73 Å². The zero-order chi connectivity index (χ0) is 13.9. The molecule has 6 nitrogen and oxygen atoms in total. The lowest BCUT2D eigenvalue weighted by Crippen LogP contribution is -2.37. The highest BCUT2D eigenvalue weighted by molar-refractivity contribution is 7.90. The van der Waals surface area contributed by atoms with E-state index in [0.717, 1.165) is 0 Å². The number of rotatable bonds is 5. The lowest BCUT2D eigenvalue weighted by atomic mass is 10.2. The molecule has 0 unspecified atom stereocenters. The molecule has 1 aromatic carbocycles. The van der Waals surface area contributed by atoms with Gasteiger partial charge in [-0.15, -0.1) is 0 Å². The molecule has 1 rings (SSSR count). The van der Waals surface area contributed by atoms with E-state index in [1.165, 1.54) is 17.4 Å². The molecule has 0 radical (unpaired) electrons. The maximum atomic E-state index is 12.0. The van der Waals surface area contributed by atoms with Gasteiger partial charge in [-0.25, -0.2) is 0 Å². The number of benzene rings is 1. The molecule has 0 aliphatic heterocycles. The molecule has 0 atom stereocenters. The van der Waals surface area contributed by atoms with E-state index in [9.17, 15) is 8.42 Å². The summed E-state index contributed by atoms with van der Waals surface area (Å²) in [5.41, 5.74) is 6.21. The summed E-state index contributed by atoms with van der Waals surface area (Å²) in [7, 11) is -2.08. The van der Waals surface area contributed by atoms with E-state index in [-0.39, 0.29) is 11.9 Å². The van der Waals surface area contributed by atoms with Gasteiger partial charge in [-0.2, -0.15) is 12.7 Å². The summed E-state index contributed by atoms with van der Waals surface area (Å²) in [5.74, 6) is -0.103. The fraction of sp³-hybridized carbons (Fsp3) is 0.364. The third kappa shape index (κ3) is 3.44. The predicted octanol–water partition coefficient (Wildman–Crippen LogP) is 0.968. The fourth-order valence-electron chi connectivity index (χ4n) is 1.25. The van der Waals surface area contributed by atoms with Crippen molar-refractivity contribution in [3.63, 3.8) is 0 Å². The van der Waals surface area contributed by atoms with Crippen LogP contribution in [-0.2, 0) is 10.2 Å². The topological polar surface area (TPSA) is 99.3 Å². The molecule has 7 heteroatoms. The van der Waals surface area contributed by atoms with Crippen LogP contribution in [0, 0.1) is 5.41 Å². The fourth-order valence-corrected chi connectivity index (χ4v) is 2.37. The van der Waals surface area contributed by atoms with Crippen molar-refractivity contribution in [3.8, 4) is 0 Å². The number of nitrogens with one attached hydrogen (secondary N) is 2. The summed E-state index contributed by atoms with van der Waals surface area (Å²) in [6, 6.07) is 6.28. The van der Waals surface area contributed by atoms with Crippen LogP contribution < -0.4 is 10.5 Å². The zero-order valence-electron chi connectivity index (χ0n) is 10.6. The Bertz CT molecular complexity index is 540. The highest BCUT2D eigenvalue weighted by atomic mass is 32.2. The second-order valence-corrected chi connectivity index (χ2v) is 5.94. The van der Waals surface area contributed by atoms with Crippen LogP contribution in [0.3, 0.4) is 0 Å². The molecule has 18 heavy (non-hydrogen) atoms. The van der Waals surface area contributed by atoms with Gasteiger partial charge in [-0.05, 0) is 26.0 Å². The van der Waals surface area contributed by atoms with Crippen molar-refractivity contribution in [3.05, 3.63) is 29.8 Å². The number of anilines is 1. The van der Waals surface area contributed by atoms with Crippen LogP contribution in [0.1, 0.15) is 19.4 Å². The largest absolute Gasteiger partial charge is 0.384 e. The minimum absolute atomic E-state index is 0.103. The molecule has 0 saturated carbocycles. The van der Waals surface area contributed by atoms with Crippen molar-refractivity contribution in [2.75, 3.05) is 11.8 Å². The van der Waals surface area contributed by atoms with Crippen LogP contribution in [0.2, 0.25) is 0 Å². The van der Waals surface area contributed by atoms with Crippen LogP contribution in [-0.4, -0.2) is 31.6 Å². The third-order valence-electron chi connectivity index (χ3n) is 2.53. The average Bonchev–Trinajstić information content (AvgIpc) is 2.27. The van der Waals surface area contributed by atoms with Gasteiger partial charge in [-0.3, -0.25) is 10.1 Å². The van der Waals surface area contributed by atoms with Gasteiger partial charge in [0.1, 0.15) is 5.84 Å². The minimum Gasteiger partial charge on any atom is -0.384 e. The van der Waals surface area contributed by atoms with Gasteiger partial charge >= 0.3 is 10.2 Å². The van der Waals surface area contributed by atoms with Crippen LogP contribution in [0.25, 0.3) is 0 Å².